The second-order valence-corrected chi connectivity index (χ2v) is 18.6. The molecular formula is C66H41N3. The van der Waals surface area contributed by atoms with Crippen molar-refractivity contribution in [3.8, 4) is 67.3 Å². The van der Waals surface area contributed by atoms with Crippen molar-refractivity contribution >= 4 is 43.6 Å². The lowest BCUT2D eigenvalue weighted by molar-refractivity contribution is 0.748. The largest absolute Gasteiger partial charge is 0.309 e. The highest BCUT2D eigenvalue weighted by Crippen LogP contribution is 2.63. The van der Waals surface area contributed by atoms with Crippen LogP contribution in [-0.4, -0.2) is 14.1 Å². The highest BCUT2D eigenvalue weighted by atomic mass is 15.0. The Kier molecular flexibility index (Phi) is 7.99. The molecular weight excluding hydrogens is 835 g/mol. The molecule has 69 heavy (non-hydrogen) atoms. The van der Waals surface area contributed by atoms with Crippen LogP contribution in [0.15, 0.2) is 249 Å². The van der Waals surface area contributed by atoms with Gasteiger partial charge in [0.1, 0.15) is 0 Å². The van der Waals surface area contributed by atoms with E-state index in [0.717, 1.165) is 39.3 Å². The lowest BCUT2D eigenvalue weighted by Crippen LogP contribution is -2.33. The molecule has 2 aliphatic rings. The molecule has 13 aromatic rings. The first-order valence-electron chi connectivity index (χ1n) is 23.9. The van der Waals surface area contributed by atoms with Crippen LogP contribution in [0.3, 0.4) is 0 Å². The zero-order valence-corrected chi connectivity index (χ0v) is 37.5. The van der Waals surface area contributed by atoms with Crippen molar-refractivity contribution < 1.29 is 0 Å². The van der Waals surface area contributed by atoms with E-state index in [1.807, 2.05) is 0 Å². The summed E-state index contributed by atoms with van der Waals surface area (Å²) in [5, 5.41) is 5.05. The number of pyridine rings is 1. The van der Waals surface area contributed by atoms with E-state index in [-0.39, 0.29) is 0 Å². The molecule has 3 nitrogen and oxygen atoms in total. The lowest BCUT2D eigenvalue weighted by Gasteiger charge is -2.39. The van der Waals surface area contributed by atoms with E-state index in [0.29, 0.717) is 0 Å². The highest BCUT2D eigenvalue weighted by Gasteiger charge is 2.51. The fourth-order valence-electron chi connectivity index (χ4n) is 12.3. The normalized spacial score (nSPS) is 14.4. The molecule has 0 saturated heterocycles. The van der Waals surface area contributed by atoms with Gasteiger partial charge in [-0.2, -0.15) is 0 Å². The van der Waals surface area contributed by atoms with Gasteiger partial charge < -0.3 is 9.13 Å². The van der Waals surface area contributed by atoms with Gasteiger partial charge in [0.15, 0.2) is 0 Å². The van der Waals surface area contributed by atoms with Crippen molar-refractivity contribution in [1.82, 2.24) is 14.1 Å². The van der Waals surface area contributed by atoms with Crippen molar-refractivity contribution in [2.75, 3.05) is 0 Å². The van der Waals surface area contributed by atoms with Crippen molar-refractivity contribution in [3.05, 3.63) is 271 Å². The number of hydrogen-bond donors (Lipinski definition) is 0. The van der Waals surface area contributed by atoms with Crippen LogP contribution in [0.2, 0.25) is 0 Å². The maximum atomic E-state index is 5.59. The number of para-hydroxylation sites is 5. The molecule has 0 N–H and O–H groups in total. The Labute approximate surface area is 399 Å². The Morgan fingerprint density at radius 2 is 0.855 bits per heavy atom. The minimum absolute atomic E-state index is 0.621. The average Bonchev–Trinajstić information content (AvgIpc) is 4.05. The Balaban J connectivity index is 1.03. The van der Waals surface area contributed by atoms with E-state index < -0.39 is 5.41 Å². The summed E-state index contributed by atoms with van der Waals surface area (Å²) in [5.74, 6) is 0. The van der Waals surface area contributed by atoms with Gasteiger partial charge in [-0.25, -0.2) is 4.98 Å². The fourth-order valence-corrected chi connectivity index (χ4v) is 12.3. The predicted octanol–water partition coefficient (Wildman–Crippen LogP) is 16.6. The fraction of sp³-hybridized carbons (Fsp3) is 0.0152. The van der Waals surface area contributed by atoms with Crippen molar-refractivity contribution in [2.24, 2.45) is 0 Å². The van der Waals surface area contributed by atoms with Crippen molar-refractivity contribution in [1.29, 1.82) is 0 Å². The number of aromatic nitrogens is 3. The second kappa shape index (κ2) is 14.5. The molecule has 1 spiro atoms. The van der Waals surface area contributed by atoms with Crippen LogP contribution in [0.5, 0.6) is 0 Å². The van der Waals surface area contributed by atoms with Crippen molar-refractivity contribution in [3.63, 3.8) is 0 Å². The number of benzene rings is 10. The van der Waals surface area contributed by atoms with Gasteiger partial charge in [-0.15, -0.1) is 0 Å². The first kappa shape index (κ1) is 38.1. The second-order valence-electron chi connectivity index (χ2n) is 18.6. The minimum atomic E-state index is -0.621. The van der Waals surface area contributed by atoms with Gasteiger partial charge in [-0.1, -0.05) is 194 Å². The molecule has 4 heterocycles. The first-order valence-corrected chi connectivity index (χ1v) is 23.9. The quantitative estimate of drug-likeness (QED) is 0.169. The van der Waals surface area contributed by atoms with Gasteiger partial charge in [0, 0.05) is 38.4 Å². The Morgan fingerprint density at radius 3 is 1.62 bits per heavy atom. The molecule has 1 aliphatic carbocycles. The SMILES string of the molecule is c1ccc(-c2cc(-c3ccccc3)nc(-c3cccc4c3-c3cc(-c5cccc(-n6c7ccccc7c7ccccc76)c5)ccc3C43c4ccccc4-n4c5ccccc5c5cccc3c54)c2)cc1. The summed E-state index contributed by atoms with van der Waals surface area (Å²) >= 11 is 0. The molecule has 0 radical (unpaired) electrons. The standard InChI is InChI=1S/C66H41N3/c1-3-18-42(19-4-1)46-40-58(43-20-5-2-6-21-43)67-59(41-46)52-28-17-30-56-64(52)53-39-45(44-22-15-23-47(38-44)68-60-32-11-7-24-48(60)49-25-8-12-33-61(49)68)36-37-54(53)66(56)55-29-10-14-35-63(55)69-62-34-13-9-26-50(62)51-27-16-31-57(66)65(51)69/h1-41H. The summed E-state index contributed by atoms with van der Waals surface area (Å²) in [5.41, 5.74) is 22.9. The molecule has 10 aromatic carbocycles. The van der Waals surface area contributed by atoms with Gasteiger partial charge in [0.25, 0.3) is 0 Å². The van der Waals surface area contributed by atoms with Crippen LogP contribution in [0.25, 0.3) is 111 Å². The third kappa shape index (κ3) is 5.30. The van der Waals surface area contributed by atoms with Gasteiger partial charge in [0.2, 0.25) is 0 Å². The predicted molar refractivity (Wildman–Crippen MR) is 286 cm³/mol. The van der Waals surface area contributed by atoms with Crippen molar-refractivity contribution in [2.45, 2.75) is 5.41 Å². The summed E-state index contributed by atoms with van der Waals surface area (Å²) in [6.45, 7) is 0. The topological polar surface area (TPSA) is 22.8 Å². The lowest BCUT2D eigenvalue weighted by atomic mass is 9.65. The number of rotatable bonds is 5. The minimum Gasteiger partial charge on any atom is -0.309 e. The van der Waals surface area contributed by atoms with Gasteiger partial charge >= 0.3 is 0 Å². The molecule has 320 valence electrons. The van der Waals surface area contributed by atoms with E-state index in [1.165, 1.54) is 93.8 Å². The molecule has 15 rings (SSSR count). The average molecular weight is 876 g/mol. The van der Waals surface area contributed by atoms with E-state index in [9.17, 15) is 0 Å². The van der Waals surface area contributed by atoms with Crippen LogP contribution in [-0.2, 0) is 5.41 Å². The number of fused-ring (bicyclic) bond motifs is 15. The molecule has 0 amide bonds. The molecule has 1 aliphatic heterocycles. The van der Waals surface area contributed by atoms with Crippen LogP contribution >= 0.6 is 0 Å². The zero-order valence-electron chi connectivity index (χ0n) is 37.5. The number of hydrogen-bond acceptors (Lipinski definition) is 1. The van der Waals surface area contributed by atoms with Gasteiger partial charge in [-0.05, 0) is 110 Å². The Hall–Kier alpha value is -9.05. The van der Waals surface area contributed by atoms with Gasteiger partial charge in [0.05, 0.1) is 44.6 Å². The maximum absolute atomic E-state index is 5.59. The summed E-state index contributed by atoms with van der Waals surface area (Å²) < 4.78 is 4.94. The van der Waals surface area contributed by atoms with E-state index in [4.69, 9.17) is 4.98 Å². The maximum Gasteiger partial charge on any atom is 0.0754 e. The monoisotopic (exact) mass is 875 g/mol. The molecule has 3 heteroatoms. The summed E-state index contributed by atoms with van der Waals surface area (Å²) in [6, 6.07) is 91.7. The smallest absolute Gasteiger partial charge is 0.0754 e. The third-order valence-electron chi connectivity index (χ3n) is 15.1. The third-order valence-corrected chi connectivity index (χ3v) is 15.1. The summed E-state index contributed by atoms with van der Waals surface area (Å²) in [4.78, 5) is 5.59. The Morgan fingerprint density at radius 1 is 0.304 bits per heavy atom. The van der Waals surface area contributed by atoms with E-state index in [2.05, 4.69) is 258 Å². The Bertz CT molecular complexity index is 4140. The molecule has 3 aromatic heterocycles. The molecule has 0 saturated carbocycles. The molecule has 0 fully saturated rings. The summed E-state index contributed by atoms with van der Waals surface area (Å²) in [6.07, 6.45) is 0. The number of nitrogens with zero attached hydrogens (tertiary/aromatic N) is 3. The van der Waals surface area contributed by atoms with Gasteiger partial charge in [-0.3, -0.25) is 0 Å². The summed E-state index contributed by atoms with van der Waals surface area (Å²) in [7, 11) is 0. The molecule has 1 unspecified atom stereocenters. The van der Waals surface area contributed by atoms with Crippen LogP contribution < -0.4 is 0 Å². The zero-order chi connectivity index (χ0) is 45.2. The van der Waals surface area contributed by atoms with Crippen LogP contribution in [0, 0.1) is 0 Å². The highest BCUT2D eigenvalue weighted by molar-refractivity contribution is 6.13. The molecule has 1 atom stereocenters. The molecule has 0 bridgehead atoms. The van der Waals surface area contributed by atoms with E-state index >= 15 is 0 Å². The van der Waals surface area contributed by atoms with E-state index in [1.54, 1.807) is 0 Å². The first-order chi connectivity index (χ1) is 34.2. The van der Waals surface area contributed by atoms with Crippen LogP contribution in [0.4, 0.5) is 0 Å². The van der Waals surface area contributed by atoms with Crippen LogP contribution in [0.1, 0.15) is 22.3 Å².